The summed E-state index contributed by atoms with van der Waals surface area (Å²) in [5, 5.41) is 18.9. The van der Waals surface area contributed by atoms with Gasteiger partial charge in [0.15, 0.2) is 5.82 Å². The second-order valence-electron chi connectivity index (χ2n) is 4.14. The van der Waals surface area contributed by atoms with Crippen LogP contribution in [0.25, 0.3) is 0 Å². The molecule has 0 aliphatic carbocycles. The van der Waals surface area contributed by atoms with Gasteiger partial charge in [0.05, 0.1) is 12.1 Å². The Kier molecular flexibility index (Phi) is 5.42. The molecule has 0 radical (unpaired) electrons. The van der Waals surface area contributed by atoms with Gasteiger partial charge in [0.1, 0.15) is 30.1 Å². The summed E-state index contributed by atoms with van der Waals surface area (Å²) < 4.78 is 0. The van der Waals surface area contributed by atoms with Gasteiger partial charge >= 0.3 is 0 Å². The number of nitrogen functional groups attached to an aromatic ring is 1. The van der Waals surface area contributed by atoms with Crippen LogP contribution in [0.2, 0.25) is 5.02 Å². The molecule has 2 N–H and O–H groups in total. The maximum Gasteiger partial charge on any atom is 0.158 e. The monoisotopic (exact) mass is 330 g/mol. The minimum absolute atomic E-state index is 0.0276. The second-order valence-corrected chi connectivity index (χ2v) is 5.64. The van der Waals surface area contributed by atoms with E-state index in [4.69, 9.17) is 27.9 Å². The van der Waals surface area contributed by atoms with E-state index in [0.717, 1.165) is 4.90 Å². The lowest BCUT2D eigenvalue weighted by molar-refractivity contribution is 0.912. The lowest BCUT2D eigenvalue weighted by atomic mass is 10.4. The molecule has 6 nitrogen and oxygen atoms in total. The minimum Gasteiger partial charge on any atom is -0.394 e. The van der Waals surface area contributed by atoms with Gasteiger partial charge in [-0.1, -0.05) is 23.4 Å². The number of benzene rings is 1. The summed E-state index contributed by atoms with van der Waals surface area (Å²) in [4.78, 5) is 10.7. The predicted octanol–water partition coefficient (Wildman–Crippen LogP) is 2.72. The van der Waals surface area contributed by atoms with Gasteiger partial charge in [0.25, 0.3) is 0 Å². The molecule has 1 aromatic carbocycles. The van der Waals surface area contributed by atoms with E-state index in [1.807, 2.05) is 24.3 Å². The van der Waals surface area contributed by atoms with Crippen molar-refractivity contribution in [3.63, 3.8) is 0 Å². The van der Waals surface area contributed by atoms with E-state index < -0.39 is 0 Å². The zero-order chi connectivity index (χ0) is 15.9. The normalized spacial score (nSPS) is 9.77. The van der Waals surface area contributed by atoms with Gasteiger partial charge in [-0.05, 0) is 24.3 Å². The van der Waals surface area contributed by atoms with Crippen LogP contribution in [0.5, 0.6) is 0 Å². The number of aromatic nitrogens is 2. The van der Waals surface area contributed by atoms with Crippen LogP contribution in [0.1, 0.15) is 0 Å². The number of anilines is 2. The summed E-state index contributed by atoms with van der Waals surface area (Å²) in [6, 6.07) is 11.3. The van der Waals surface area contributed by atoms with E-state index in [0.29, 0.717) is 21.6 Å². The van der Waals surface area contributed by atoms with Gasteiger partial charge in [-0.3, -0.25) is 0 Å². The molecule has 0 aliphatic rings. The van der Waals surface area contributed by atoms with Crippen LogP contribution in [0.3, 0.4) is 0 Å². The van der Waals surface area contributed by atoms with E-state index in [1.54, 1.807) is 12.1 Å². The van der Waals surface area contributed by atoms with Crippen LogP contribution in [-0.4, -0.2) is 23.1 Å². The SMILES string of the molecule is N#CCN(CC#N)c1ncnc(Sc2ccc(Cl)cc2)c1N. The topological polar surface area (TPSA) is 103 Å². The molecule has 0 fully saturated rings. The van der Waals surface area contributed by atoms with Gasteiger partial charge in [-0.15, -0.1) is 0 Å². The van der Waals surface area contributed by atoms with Crippen molar-refractivity contribution in [1.82, 2.24) is 9.97 Å². The first-order valence-corrected chi connectivity index (χ1v) is 7.38. The van der Waals surface area contributed by atoms with Crippen molar-refractivity contribution in [3.05, 3.63) is 35.6 Å². The van der Waals surface area contributed by atoms with Crippen LogP contribution in [-0.2, 0) is 0 Å². The number of nitrogens with two attached hydrogens (primary N) is 1. The fourth-order valence-corrected chi connectivity index (χ4v) is 2.62. The quantitative estimate of drug-likeness (QED) is 0.664. The van der Waals surface area contributed by atoms with Crippen LogP contribution in [0.4, 0.5) is 11.5 Å². The number of hydrogen-bond donors (Lipinski definition) is 1. The fourth-order valence-electron chi connectivity index (χ4n) is 1.69. The van der Waals surface area contributed by atoms with Crippen LogP contribution in [0, 0.1) is 22.7 Å². The van der Waals surface area contributed by atoms with Gasteiger partial charge in [-0.25, -0.2) is 9.97 Å². The number of rotatable bonds is 5. The molecule has 0 amide bonds. The Labute approximate surface area is 137 Å². The smallest absolute Gasteiger partial charge is 0.158 e. The van der Waals surface area contributed by atoms with Crippen molar-refractivity contribution < 1.29 is 0 Å². The van der Waals surface area contributed by atoms with Crippen molar-refractivity contribution in [2.24, 2.45) is 0 Å². The zero-order valence-corrected chi connectivity index (χ0v) is 13.0. The van der Waals surface area contributed by atoms with Crippen molar-refractivity contribution >= 4 is 34.9 Å². The molecular formula is C14H11ClN6S. The third-order valence-corrected chi connectivity index (χ3v) is 3.96. The molecule has 0 unspecified atom stereocenters. The van der Waals surface area contributed by atoms with Gasteiger partial charge in [0.2, 0.25) is 0 Å². The summed E-state index contributed by atoms with van der Waals surface area (Å²) in [6.45, 7) is 0.0552. The standard InChI is InChI=1S/C14H11ClN6S/c15-10-1-3-11(4-2-10)22-14-12(18)13(19-9-20-14)21(7-5-16)8-6-17/h1-4,9H,7-8,18H2. The number of nitriles is 2. The second kappa shape index (κ2) is 7.51. The molecule has 110 valence electrons. The fraction of sp³-hybridized carbons (Fsp3) is 0.143. The molecule has 0 spiro atoms. The predicted molar refractivity (Wildman–Crippen MR) is 85.5 cm³/mol. The first-order chi connectivity index (χ1) is 10.7. The van der Waals surface area contributed by atoms with Crippen molar-refractivity contribution in [2.75, 3.05) is 23.7 Å². The summed E-state index contributed by atoms with van der Waals surface area (Å²) in [5.74, 6) is 0.384. The Morgan fingerprint density at radius 3 is 2.36 bits per heavy atom. The van der Waals surface area contributed by atoms with E-state index in [9.17, 15) is 0 Å². The van der Waals surface area contributed by atoms with Crippen LogP contribution >= 0.6 is 23.4 Å². The van der Waals surface area contributed by atoms with Crippen LogP contribution in [0.15, 0.2) is 40.5 Å². The van der Waals surface area contributed by atoms with Crippen molar-refractivity contribution in [2.45, 2.75) is 9.92 Å². The Balaban J connectivity index is 2.30. The van der Waals surface area contributed by atoms with Gasteiger partial charge < -0.3 is 10.6 Å². The third-order valence-electron chi connectivity index (χ3n) is 2.68. The first kappa shape index (κ1) is 15.9. The summed E-state index contributed by atoms with van der Waals surface area (Å²) in [7, 11) is 0. The Bertz CT molecular complexity index is 718. The molecule has 1 heterocycles. The molecule has 0 saturated carbocycles. The lowest BCUT2D eigenvalue weighted by Gasteiger charge is -2.19. The average Bonchev–Trinajstić information content (AvgIpc) is 2.51. The maximum absolute atomic E-state index is 8.84. The number of hydrogen-bond acceptors (Lipinski definition) is 7. The summed E-state index contributed by atoms with van der Waals surface area (Å²) in [5.41, 5.74) is 6.43. The number of halogens is 1. The average molecular weight is 331 g/mol. The van der Waals surface area contributed by atoms with Gasteiger partial charge in [-0.2, -0.15) is 10.5 Å². The molecule has 8 heteroatoms. The Morgan fingerprint density at radius 1 is 1.14 bits per heavy atom. The van der Waals surface area contributed by atoms with E-state index in [-0.39, 0.29) is 13.1 Å². The molecular weight excluding hydrogens is 320 g/mol. The van der Waals surface area contributed by atoms with E-state index >= 15 is 0 Å². The summed E-state index contributed by atoms with van der Waals surface area (Å²) in [6.07, 6.45) is 1.37. The molecule has 0 saturated heterocycles. The maximum atomic E-state index is 8.84. The van der Waals surface area contributed by atoms with Crippen molar-refractivity contribution in [1.29, 1.82) is 10.5 Å². The molecule has 2 aromatic rings. The van der Waals surface area contributed by atoms with Crippen LogP contribution < -0.4 is 10.6 Å². The summed E-state index contributed by atoms with van der Waals surface area (Å²) >= 11 is 7.22. The molecule has 0 aliphatic heterocycles. The molecule has 0 atom stereocenters. The molecule has 2 rings (SSSR count). The number of nitrogens with zero attached hydrogens (tertiary/aromatic N) is 5. The minimum atomic E-state index is 0.0276. The van der Waals surface area contributed by atoms with E-state index in [2.05, 4.69) is 9.97 Å². The highest BCUT2D eigenvalue weighted by molar-refractivity contribution is 7.99. The van der Waals surface area contributed by atoms with Crippen molar-refractivity contribution in [3.8, 4) is 12.1 Å². The lowest BCUT2D eigenvalue weighted by Crippen LogP contribution is -2.26. The zero-order valence-electron chi connectivity index (χ0n) is 11.4. The molecule has 22 heavy (non-hydrogen) atoms. The Morgan fingerprint density at radius 2 is 1.77 bits per heavy atom. The highest BCUT2D eigenvalue weighted by Crippen LogP contribution is 2.34. The van der Waals surface area contributed by atoms with Gasteiger partial charge in [0, 0.05) is 9.92 Å². The highest BCUT2D eigenvalue weighted by Gasteiger charge is 2.15. The first-order valence-electron chi connectivity index (χ1n) is 6.18. The Hall–Kier alpha value is -2.48. The third kappa shape index (κ3) is 3.79. The molecule has 0 bridgehead atoms. The highest BCUT2D eigenvalue weighted by atomic mass is 35.5. The largest absolute Gasteiger partial charge is 0.394 e. The van der Waals surface area contributed by atoms with E-state index in [1.165, 1.54) is 23.0 Å². The molecule has 1 aromatic heterocycles.